The summed E-state index contributed by atoms with van der Waals surface area (Å²) in [6.07, 6.45) is 3.73. The number of aliphatic hydroxyl groups excluding tert-OH is 1. The molecule has 0 aromatic rings. The summed E-state index contributed by atoms with van der Waals surface area (Å²) >= 11 is 0. The molecule has 4 nitrogen and oxygen atoms in total. The zero-order valence-corrected chi connectivity index (χ0v) is 11.1. The van der Waals surface area contributed by atoms with Gasteiger partial charge in [-0.2, -0.15) is 0 Å². The zero-order chi connectivity index (χ0) is 12.8. The molecule has 1 amide bonds. The van der Waals surface area contributed by atoms with Gasteiger partial charge in [-0.3, -0.25) is 4.79 Å². The van der Waals surface area contributed by atoms with Crippen molar-refractivity contribution in [3.63, 3.8) is 0 Å². The predicted molar refractivity (Wildman–Crippen MR) is 66.7 cm³/mol. The lowest BCUT2D eigenvalue weighted by Gasteiger charge is -2.28. The molecule has 1 aliphatic rings. The third kappa shape index (κ3) is 5.04. The Balaban J connectivity index is 2.28. The fraction of sp³-hybridized carbons (Fsp3) is 0.923. The van der Waals surface area contributed by atoms with Crippen molar-refractivity contribution in [2.45, 2.75) is 77.2 Å². The van der Waals surface area contributed by atoms with E-state index in [1.807, 2.05) is 13.8 Å². The van der Waals surface area contributed by atoms with Crippen molar-refractivity contribution >= 4 is 5.91 Å². The Bertz CT molecular complexity index is 237. The maximum atomic E-state index is 11.8. The van der Waals surface area contributed by atoms with Crippen LogP contribution in [0.1, 0.15) is 52.9 Å². The molecular weight excluding hydrogens is 218 g/mol. The lowest BCUT2D eigenvalue weighted by molar-refractivity contribution is -0.138. The first-order valence-electron chi connectivity index (χ1n) is 6.66. The summed E-state index contributed by atoms with van der Waals surface area (Å²) in [5.74, 6) is -0.0366. The highest BCUT2D eigenvalue weighted by Gasteiger charge is 2.24. The third-order valence-electron chi connectivity index (χ3n) is 3.41. The average molecular weight is 243 g/mol. The fourth-order valence-electron chi connectivity index (χ4n) is 1.99. The number of nitrogens with one attached hydrogen (secondary N) is 1. The second-order valence-corrected chi connectivity index (χ2v) is 5.03. The third-order valence-corrected chi connectivity index (χ3v) is 3.41. The van der Waals surface area contributed by atoms with Crippen LogP contribution in [0.25, 0.3) is 0 Å². The Hall–Kier alpha value is -0.610. The molecule has 2 unspecified atom stereocenters. The number of hydrogen-bond acceptors (Lipinski definition) is 3. The molecular formula is C13H25NO3. The zero-order valence-electron chi connectivity index (χ0n) is 11.1. The van der Waals surface area contributed by atoms with Crippen LogP contribution in [-0.4, -0.2) is 35.4 Å². The molecule has 4 heteroatoms. The minimum absolute atomic E-state index is 0.0366. The van der Waals surface area contributed by atoms with E-state index in [0.29, 0.717) is 0 Å². The van der Waals surface area contributed by atoms with Crippen LogP contribution in [0.3, 0.4) is 0 Å². The number of aliphatic hydroxyl groups is 1. The van der Waals surface area contributed by atoms with Gasteiger partial charge in [-0.15, -0.1) is 0 Å². The van der Waals surface area contributed by atoms with Crippen LogP contribution in [0.4, 0.5) is 0 Å². The Kier molecular flexibility index (Phi) is 5.92. The van der Waals surface area contributed by atoms with Gasteiger partial charge >= 0.3 is 0 Å². The van der Waals surface area contributed by atoms with Crippen LogP contribution >= 0.6 is 0 Å². The molecule has 100 valence electrons. The van der Waals surface area contributed by atoms with Crippen molar-refractivity contribution in [3.8, 4) is 0 Å². The molecule has 0 aromatic heterocycles. The summed E-state index contributed by atoms with van der Waals surface area (Å²) in [6.45, 7) is 5.82. The summed E-state index contributed by atoms with van der Waals surface area (Å²) in [7, 11) is 0. The Labute approximate surface area is 104 Å². The quantitative estimate of drug-likeness (QED) is 0.771. The average Bonchev–Trinajstić information content (AvgIpc) is 2.31. The van der Waals surface area contributed by atoms with Crippen molar-refractivity contribution in [2.24, 2.45) is 0 Å². The first-order valence-corrected chi connectivity index (χ1v) is 6.66. The second kappa shape index (κ2) is 6.97. The lowest BCUT2D eigenvalue weighted by Crippen LogP contribution is -2.41. The molecule has 2 atom stereocenters. The topological polar surface area (TPSA) is 58.6 Å². The lowest BCUT2D eigenvalue weighted by atomic mass is 9.95. The largest absolute Gasteiger partial charge is 0.393 e. The molecule has 0 bridgehead atoms. The Morgan fingerprint density at radius 1 is 1.35 bits per heavy atom. The van der Waals surface area contributed by atoms with E-state index >= 15 is 0 Å². The summed E-state index contributed by atoms with van der Waals surface area (Å²) in [5, 5.41) is 12.3. The van der Waals surface area contributed by atoms with E-state index in [2.05, 4.69) is 5.32 Å². The van der Waals surface area contributed by atoms with Gasteiger partial charge in [0.2, 0.25) is 5.91 Å². The van der Waals surface area contributed by atoms with Gasteiger partial charge in [0.25, 0.3) is 0 Å². The van der Waals surface area contributed by atoms with Gasteiger partial charge in [-0.05, 0) is 46.0 Å². The smallest absolute Gasteiger partial charge is 0.249 e. The molecule has 0 aromatic carbocycles. The maximum Gasteiger partial charge on any atom is 0.249 e. The Morgan fingerprint density at radius 3 is 2.47 bits per heavy atom. The van der Waals surface area contributed by atoms with Crippen LogP contribution in [0.15, 0.2) is 0 Å². The molecule has 0 saturated heterocycles. The molecule has 1 rings (SSSR count). The minimum Gasteiger partial charge on any atom is -0.393 e. The number of ether oxygens (including phenoxy) is 1. The fourth-order valence-corrected chi connectivity index (χ4v) is 1.99. The van der Waals surface area contributed by atoms with Crippen molar-refractivity contribution in [2.75, 3.05) is 0 Å². The van der Waals surface area contributed by atoms with Crippen LogP contribution in [-0.2, 0) is 9.53 Å². The standard InChI is InChI=1S/C13H25NO3/c1-4-9(2)14-13(16)10(3)17-12-7-5-11(15)6-8-12/h9-12,15H,4-8H2,1-3H3,(H,14,16). The highest BCUT2D eigenvalue weighted by molar-refractivity contribution is 5.80. The molecule has 1 saturated carbocycles. The van der Waals surface area contributed by atoms with Crippen LogP contribution in [0, 0.1) is 0 Å². The van der Waals surface area contributed by atoms with E-state index in [0.717, 1.165) is 32.1 Å². The van der Waals surface area contributed by atoms with Gasteiger partial charge in [0.1, 0.15) is 6.10 Å². The normalized spacial score (nSPS) is 28.5. The van der Waals surface area contributed by atoms with Crippen molar-refractivity contribution in [1.29, 1.82) is 0 Å². The number of amides is 1. The molecule has 0 radical (unpaired) electrons. The SMILES string of the molecule is CCC(C)NC(=O)C(C)OC1CCC(O)CC1. The minimum atomic E-state index is -0.399. The number of rotatable bonds is 5. The van der Waals surface area contributed by atoms with Gasteiger partial charge in [-0.1, -0.05) is 6.92 Å². The van der Waals surface area contributed by atoms with E-state index < -0.39 is 6.10 Å². The van der Waals surface area contributed by atoms with E-state index in [-0.39, 0.29) is 24.2 Å². The monoisotopic (exact) mass is 243 g/mol. The van der Waals surface area contributed by atoms with Crippen molar-refractivity contribution in [1.82, 2.24) is 5.32 Å². The predicted octanol–water partition coefficient (Wildman–Crippen LogP) is 1.61. The molecule has 2 N–H and O–H groups in total. The van der Waals surface area contributed by atoms with Crippen molar-refractivity contribution in [3.05, 3.63) is 0 Å². The first-order chi connectivity index (χ1) is 8.02. The van der Waals surface area contributed by atoms with Crippen LogP contribution < -0.4 is 5.32 Å². The number of carbonyl (C=O) groups is 1. The van der Waals surface area contributed by atoms with Gasteiger partial charge in [-0.25, -0.2) is 0 Å². The molecule has 1 fully saturated rings. The Morgan fingerprint density at radius 2 is 1.94 bits per heavy atom. The first kappa shape index (κ1) is 14.5. The second-order valence-electron chi connectivity index (χ2n) is 5.03. The van der Waals surface area contributed by atoms with E-state index in [1.165, 1.54) is 0 Å². The summed E-state index contributed by atoms with van der Waals surface area (Å²) in [6, 6.07) is 0.196. The van der Waals surface area contributed by atoms with Gasteiger partial charge in [0, 0.05) is 6.04 Å². The van der Waals surface area contributed by atoms with Gasteiger partial charge in [0.15, 0.2) is 0 Å². The molecule has 0 heterocycles. The van der Waals surface area contributed by atoms with E-state index in [1.54, 1.807) is 6.92 Å². The van der Waals surface area contributed by atoms with Gasteiger partial charge < -0.3 is 15.2 Å². The van der Waals surface area contributed by atoms with E-state index in [9.17, 15) is 9.90 Å². The van der Waals surface area contributed by atoms with Crippen molar-refractivity contribution < 1.29 is 14.6 Å². The van der Waals surface area contributed by atoms with E-state index in [4.69, 9.17) is 4.74 Å². The maximum absolute atomic E-state index is 11.8. The summed E-state index contributed by atoms with van der Waals surface area (Å²) < 4.78 is 5.72. The molecule has 0 aliphatic heterocycles. The number of carbonyl (C=O) groups excluding carboxylic acids is 1. The molecule has 1 aliphatic carbocycles. The summed E-state index contributed by atoms with van der Waals surface area (Å²) in [5.41, 5.74) is 0. The molecule has 17 heavy (non-hydrogen) atoms. The van der Waals surface area contributed by atoms with Gasteiger partial charge in [0.05, 0.1) is 12.2 Å². The highest BCUT2D eigenvalue weighted by atomic mass is 16.5. The highest BCUT2D eigenvalue weighted by Crippen LogP contribution is 2.22. The molecule has 0 spiro atoms. The number of hydrogen-bond donors (Lipinski definition) is 2. The summed E-state index contributed by atoms with van der Waals surface area (Å²) in [4.78, 5) is 11.8. The van der Waals surface area contributed by atoms with Crippen LogP contribution in [0.5, 0.6) is 0 Å². The van der Waals surface area contributed by atoms with Crippen LogP contribution in [0.2, 0.25) is 0 Å².